The van der Waals surface area contributed by atoms with Crippen LogP contribution in [0, 0.1) is 5.92 Å². The first-order chi connectivity index (χ1) is 8.04. The molecular formula is C13H27N3O. The lowest BCUT2D eigenvalue weighted by Crippen LogP contribution is -2.45. The van der Waals surface area contributed by atoms with Crippen molar-refractivity contribution >= 4 is 5.91 Å². The van der Waals surface area contributed by atoms with Gasteiger partial charge in [0.25, 0.3) is 0 Å². The van der Waals surface area contributed by atoms with Crippen LogP contribution in [-0.4, -0.2) is 55.5 Å². The van der Waals surface area contributed by atoms with E-state index in [4.69, 9.17) is 5.73 Å². The molecule has 1 fully saturated rings. The molecule has 0 radical (unpaired) electrons. The second kappa shape index (κ2) is 6.97. The molecule has 0 aromatic heterocycles. The van der Waals surface area contributed by atoms with Gasteiger partial charge in [0.15, 0.2) is 0 Å². The normalized spacial score (nSPS) is 20.2. The Hall–Kier alpha value is -0.610. The molecule has 0 spiro atoms. The third-order valence-electron chi connectivity index (χ3n) is 3.66. The van der Waals surface area contributed by atoms with Gasteiger partial charge in [0.05, 0.1) is 6.04 Å². The Labute approximate surface area is 105 Å². The number of carbonyl (C=O) groups is 1. The lowest BCUT2D eigenvalue weighted by atomic mass is 9.96. The van der Waals surface area contributed by atoms with Crippen LogP contribution < -0.4 is 5.73 Å². The van der Waals surface area contributed by atoms with E-state index in [1.54, 1.807) is 0 Å². The van der Waals surface area contributed by atoms with Gasteiger partial charge in [-0.3, -0.25) is 4.79 Å². The summed E-state index contributed by atoms with van der Waals surface area (Å²) in [5.41, 5.74) is 5.86. The third-order valence-corrected chi connectivity index (χ3v) is 3.66. The first-order valence-electron chi connectivity index (χ1n) is 6.73. The Kier molecular flexibility index (Phi) is 5.92. The first-order valence-corrected chi connectivity index (χ1v) is 6.73. The van der Waals surface area contributed by atoms with E-state index < -0.39 is 0 Å². The van der Waals surface area contributed by atoms with E-state index in [0.29, 0.717) is 5.92 Å². The van der Waals surface area contributed by atoms with Gasteiger partial charge >= 0.3 is 0 Å². The Morgan fingerprint density at radius 2 is 2.06 bits per heavy atom. The minimum Gasteiger partial charge on any atom is -0.344 e. The first kappa shape index (κ1) is 14.5. The van der Waals surface area contributed by atoms with Crippen molar-refractivity contribution in [3.05, 3.63) is 0 Å². The average molecular weight is 241 g/mol. The molecule has 1 amide bonds. The Balaban J connectivity index is 2.32. The van der Waals surface area contributed by atoms with Crippen molar-refractivity contribution in [2.45, 2.75) is 38.6 Å². The smallest absolute Gasteiger partial charge is 0.239 e. The summed E-state index contributed by atoms with van der Waals surface area (Å²) in [5, 5.41) is 0. The molecule has 1 saturated heterocycles. The minimum atomic E-state index is -0.309. The molecule has 1 heterocycles. The molecule has 0 unspecified atom stereocenters. The topological polar surface area (TPSA) is 49.6 Å². The van der Waals surface area contributed by atoms with Crippen LogP contribution >= 0.6 is 0 Å². The zero-order valence-electron chi connectivity index (χ0n) is 11.5. The van der Waals surface area contributed by atoms with E-state index in [0.717, 1.165) is 32.5 Å². The molecule has 0 saturated carbocycles. The SMILES string of the molecule is CCC[C@H](N)C(=O)N(C)CC1CCN(C)CC1. The molecule has 0 bridgehead atoms. The lowest BCUT2D eigenvalue weighted by molar-refractivity contribution is -0.132. The number of likely N-dealkylation sites (tertiary alicyclic amines) is 1. The van der Waals surface area contributed by atoms with Crippen molar-refractivity contribution in [1.82, 2.24) is 9.80 Å². The Morgan fingerprint density at radius 1 is 1.47 bits per heavy atom. The number of rotatable bonds is 5. The summed E-state index contributed by atoms with van der Waals surface area (Å²) in [7, 11) is 4.04. The molecule has 0 aromatic carbocycles. The van der Waals surface area contributed by atoms with Gasteiger partial charge in [-0.1, -0.05) is 13.3 Å². The number of likely N-dealkylation sites (N-methyl/N-ethyl adjacent to an activating group) is 1. The van der Waals surface area contributed by atoms with E-state index in [1.165, 1.54) is 12.8 Å². The highest BCUT2D eigenvalue weighted by molar-refractivity contribution is 5.81. The summed E-state index contributed by atoms with van der Waals surface area (Å²) in [6.45, 7) is 5.22. The molecule has 4 heteroatoms. The fraction of sp³-hybridized carbons (Fsp3) is 0.923. The molecule has 1 atom stereocenters. The number of piperidine rings is 1. The van der Waals surface area contributed by atoms with Crippen LogP contribution in [0.5, 0.6) is 0 Å². The number of amides is 1. The molecule has 1 aliphatic heterocycles. The van der Waals surface area contributed by atoms with Crippen molar-refractivity contribution in [3.63, 3.8) is 0 Å². The van der Waals surface area contributed by atoms with Gasteiger partial charge in [-0.15, -0.1) is 0 Å². The van der Waals surface area contributed by atoms with Crippen molar-refractivity contribution < 1.29 is 4.79 Å². The van der Waals surface area contributed by atoms with E-state index in [1.807, 2.05) is 11.9 Å². The van der Waals surface area contributed by atoms with Gasteiger partial charge in [0, 0.05) is 13.6 Å². The Morgan fingerprint density at radius 3 is 2.59 bits per heavy atom. The van der Waals surface area contributed by atoms with E-state index in [2.05, 4.69) is 18.9 Å². The second-order valence-electron chi connectivity index (χ2n) is 5.36. The molecule has 17 heavy (non-hydrogen) atoms. The van der Waals surface area contributed by atoms with E-state index in [9.17, 15) is 4.79 Å². The van der Waals surface area contributed by atoms with Crippen LogP contribution in [0.2, 0.25) is 0 Å². The van der Waals surface area contributed by atoms with Crippen LogP contribution in [0.25, 0.3) is 0 Å². The highest BCUT2D eigenvalue weighted by Gasteiger charge is 2.22. The average Bonchev–Trinajstić information content (AvgIpc) is 2.31. The van der Waals surface area contributed by atoms with Crippen molar-refractivity contribution in [2.75, 3.05) is 33.7 Å². The largest absolute Gasteiger partial charge is 0.344 e. The standard InChI is InChI=1S/C13H27N3O/c1-4-5-12(14)13(17)16(3)10-11-6-8-15(2)9-7-11/h11-12H,4-10,14H2,1-3H3/t12-/m0/s1. The molecule has 0 aliphatic carbocycles. The van der Waals surface area contributed by atoms with Gasteiger partial charge in [-0.2, -0.15) is 0 Å². The van der Waals surface area contributed by atoms with Crippen molar-refractivity contribution in [1.29, 1.82) is 0 Å². The van der Waals surface area contributed by atoms with E-state index >= 15 is 0 Å². The second-order valence-corrected chi connectivity index (χ2v) is 5.36. The van der Waals surface area contributed by atoms with Crippen molar-refractivity contribution in [2.24, 2.45) is 11.7 Å². The molecular weight excluding hydrogens is 214 g/mol. The summed E-state index contributed by atoms with van der Waals surface area (Å²) >= 11 is 0. The molecule has 100 valence electrons. The predicted octanol–water partition coefficient (Wildman–Crippen LogP) is 0.914. The summed E-state index contributed by atoms with van der Waals surface area (Å²) in [4.78, 5) is 16.1. The van der Waals surface area contributed by atoms with Crippen LogP contribution in [0.15, 0.2) is 0 Å². The molecule has 1 aliphatic rings. The van der Waals surface area contributed by atoms with Gasteiger partial charge in [0.1, 0.15) is 0 Å². The Bertz CT molecular complexity index is 237. The molecule has 1 rings (SSSR count). The zero-order chi connectivity index (χ0) is 12.8. The maximum absolute atomic E-state index is 12.0. The number of carbonyl (C=O) groups excluding carboxylic acids is 1. The zero-order valence-corrected chi connectivity index (χ0v) is 11.5. The van der Waals surface area contributed by atoms with Crippen molar-refractivity contribution in [3.8, 4) is 0 Å². The van der Waals surface area contributed by atoms with Crippen LogP contribution in [0.1, 0.15) is 32.6 Å². The van der Waals surface area contributed by atoms with Gasteiger partial charge in [0.2, 0.25) is 5.91 Å². The minimum absolute atomic E-state index is 0.103. The molecule has 0 aromatic rings. The van der Waals surface area contributed by atoms with Crippen LogP contribution in [0.4, 0.5) is 0 Å². The summed E-state index contributed by atoms with van der Waals surface area (Å²) in [5.74, 6) is 0.750. The lowest BCUT2D eigenvalue weighted by Gasteiger charge is -2.32. The van der Waals surface area contributed by atoms with Gasteiger partial charge in [-0.05, 0) is 45.3 Å². The predicted molar refractivity (Wildman–Crippen MR) is 70.7 cm³/mol. The quantitative estimate of drug-likeness (QED) is 0.778. The van der Waals surface area contributed by atoms with Gasteiger partial charge < -0.3 is 15.5 Å². The number of nitrogens with two attached hydrogens (primary N) is 1. The highest BCUT2D eigenvalue weighted by Crippen LogP contribution is 2.17. The van der Waals surface area contributed by atoms with Crippen LogP contribution in [-0.2, 0) is 4.79 Å². The summed E-state index contributed by atoms with van der Waals surface area (Å²) in [6, 6.07) is -0.309. The monoisotopic (exact) mass is 241 g/mol. The third kappa shape index (κ3) is 4.64. The maximum atomic E-state index is 12.0. The van der Waals surface area contributed by atoms with E-state index in [-0.39, 0.29) is 11.9 Å². The number of hydrogen-bond acceptors (Lipinski definition) is 3. The summed E-state index contributed by atoms with van der Waals surface area (Å²) in [6.07, 6.45) is 4.14. The highest BCUT2D eigenvalue weighted by atomic mass is 16.2. The number of nitrogens with zero attached hydrogens (tertiary/aromatic N) is 2. The number of hydrogen-bond donors (Lipinski definition) is 1. The summed E-state index contributed by atoms with van der Waals surface area (Å²) < 4.78 is 0. The fourth-order valence-electron chi connectivity index (χ4n) is 2.44. The molecule has 2 N–H and O–H groups in total. The maximum Gasteiger partial charge on any atom is 0.239 e. The van der Waals surface area contributed by atoms with Crippen LogP contribution in [0.3, 0.4) is 0 Å². The van der Waals surface area contributed by atoms with Gasteiger partial charge in [-0.25, -0.2) is 0 Å². The fourth-order valence-corrected chi connectivity index (χ4v) is 2.44. The molecule has 4 nitrogen and oxygen atoms in total.